The Morgan fingerprint density at radius 1 is 1.04 bits per heavy atom. The van der Waals surface area contributed by atoms with Crippen LogP contribution in [-0.4, -0.2) is 46.8 Å². The van der Waals surface area contributed by atoms with Crippen molar-refractivity contribution in [1.29, 1.82) is 0 Å². The minimum atomic E-state index is -1.02. The molecule has 2 aromatic carbocycles. The van der Waals surface area contributed by atoms with Gasteiger partial charge < -0.3 is 24.8 Å². The molecule has 5 nitrogen and oxygen atoms in total. The Balaban J connectivity index is 1.57. The molecule has 140 valence electrons. The molecule has 1 aliphatic rings. The van der Waals surface area contributed by atoms with Crippen molar-refractivity contribution in [2.45, 2.75) is 43.7 Å². The molecule has 26 heavy (non-hydrogen) atoms. The fraction of sp³-hybridized carbons (Fsp3) is 0.429. The second-order valence-corrected chi connectivity index (χ2v) is 6.67. The third-order valence-electron chi connectivity index (χ3n) is 4.66. The van der Waals surface area contributed by atoms with Crippen LogP contribution in [0, 0.1) is 0 Å². The van der Waals surface area contributed by atoms with Gasteiger partial charge in [-0.25, -0.2) is 0 Å². The maximum absolute atomic E-state index is 10.2. The highest BCUT2D eigenvalue weighted by atomic mass is 16.5. The van der Waals surface area contributed by atoms with E-state index < -0.39 is 24.4 Å². The molecule has 3 N–H and O–H groups in total. The molecule has 3 rings (SSSR count). The van der Waals surface area contributed by atoms with Gasteiger partial charge in [0.2, 0.25) is 0 Å². The summed E-state index contributed by atoms with van der Waals surface area (Å²) < 4.78 is 11.6. The van der Waals surface area contributed by atoms with E-state index in [0.29, 0.717) is 12.4 Å². The summed E-state index contributed by atoms with van der Waals surface area (Å²) >= 11 is 0. The standard InChI is InChI=1S/C21H26O5/c22-14-18-13-19(23)20(24)21(26-18)16-9-4-10-17(12-16)25-11-5-8-15-6-2-1-3-7-15/h1-4,6-7,9-10,12,18-24H,5,8,11,13-14H2. The molecule has 5 heteroatoms. The van der Waals surface area contributed by atoms with Crippen LogP contribution < -0.4 is 4.74 Å². The highest BCUT2D eigenvalue weighted by Gasteiger charge is 2.37. The average Bonchev–Trinajstić information content (AvgIpc) is 2.68. The van der Waals surface area contributed by atoms with Crippen LogP contribution in [-0.2, 0) is 11.2 Å². The normalized spacial score (nSPS) is 25.8. The topological polar surface area (TPSA) is 79.2 Å². The lowest BCUT2D eigenvalue weighted by atomic mass is 9.93. The quantitative estimate of drug-likeness (QED) is 0.662. The number of aryl methyl sites for hydroxylation is 1. The van der Waals surface area contributed by atoms with Crippen LogP contribution >= 0.6 is 0 Å². The molecule has 0 aromatic heterocycles. The first kappa shape index (κ1) is 18.9. The molecule has 4 unspecified atom stereocenters. The highest BCUT2D eigenvalue weighted by Crippen LogP contribution is 2.33. The summed E-state index contributed by atoms with van der Waals surface area (Å²) in [7, 11) is 0. The maximum atomic E-state index is 10.2. The Bertz CT molecular complexity index is 675. The minimum absolute atomic E-state index is 0.185. The molecule has 0 amide bonds. The van der Waals surface area contributed by atoms with Gasteiger partial charge in [-0.2, -0.15) is 0 Å². The lowest BCUT2D eigenvalue weighted by Crippen LogP contribution is -2.44. The van der Waals surface area contributed by atoms with Gasteiger partial charge in [-0.15, -0.1) is 0 Å². The first-order valence-corrected chi connectivity index (χ1v) is 9.06. The van der Waals surface area contributed by atoms with Gasteiger partial charge in [-0.05, 0) is 36.1 Å². The molecule has 4 atom stereocenters. The van der Waals surface area contributed by atoms with Crippen LogP contribution in [0.1, 0.15) is 30.1 Å². The Morgan fingerprint density at radius 3 is 2.62 bits per heavy atom. The van der Waals surface area contributed by atoms with Crippen LogP contribution in [0.15, 0.2) is 54.6 Å². The van der Waals surface area contributed by atoms with E-state index in [1.807, 2.05) is 42.5 Å². The zero-order valence-corrected chi connectivity index (χ0v) is 14.7. The van der Waals surface area contributed by atoms with Crippen molar-refractivity contribution in [1.82, 2.24) is 0 Å². The fourth-order valence-corrected chi connectivity index (χ4v) is 3.24. The number of hydrogen-bond donors (Lipinski definition) is 3. The molecule has 0 bridgehead atoms. The average molecular weight is 358 g/mol. The largest absolute Gasteiger partial charge is 0.494 e. The van der Waals surface area contributed by atoms with Crippen LogP contribution in [0.4, 0.5) is 0 Å². The Labute approximate surface area is 153 Å². The first-order chi connectivity index (χ1) is 12.7. The van der Waals surface area contributed by atoms with Gasteiger partial charge in [-0.1, -0.05) is 42.5 Å². The highest BCUT2D eigenvalue weighted by molar-refractivity contribution is 5.31. The molecule has 0 aliphatic carbocycles. The van der Waals surface area contributed by atoms with Gasteiger partial charge in [-0.3, -0.25) is 0 Å². The number of aliphatic hydroxyl groups excluding tert-OH is 3. The van der Waals surface area contributed by atoms with Gasteiger partial charge in [0.25, 0.3) is 0 Å². The van der Waals surface area contributed by atoms with E-state index in [0.717, 1.165) is 18.4 Å². The van der Waals surface area contributed by atoms with Crippen molar-refractivity contribution >= 4 is 0 Å². The molecule has 1 fully saturated rings. The molecular formula is C21H26O5. The summed E-state index contributed by atoms with van der Waals surface area (Å²) in [5.74, 6) is 0.701. The number of rotatable bonds is 7. The third-order valence-corrected chi connectivity index (χ3v) is 4.66. The number of ether oxygens (including phenoxy) is 2. The molecule has 0 spiro atoms. The lowest BCUT2D eigenvalue weighted by Gasteiger charge is -2.36. The number of aliphatic hydroxyl groups is 3. The van der Waals surface area contributed by atoms with E-state index in [2.05, 4.69) is 12.1 Å². The molecule has 0 radical (unpaired) electrons. The second-order valence-electron chi connectivity index (χ2n) is 6.67. The van der Waals surface area contributed by atoms with Crippen LogP contribution in [0.25, 0.3) is 0 Å². The summed E-state index contributed by atoms with van der Waals surface area (Å²) in [5, 5.41) is 29.5. The summed E-state index contributed by atoms with van der Waals surface area (Å²) in [6.07, 6.45) is -1.01. The summed E-state index contributed by atoms with van der Waals surface area (Å²) in [6.45, 7) is 0.407. The molecule has 2 aromatic rings. The zero-order valence-electron chi connectivity index (χ0n) is 14.7. The molecule has 1 aliphatic heterocycles. The first-order valence-electron chi connectivity index (χ1n) is 9.06. The summed E-state index contributed by atoms with van der Waals surface area (Å²) in [4.78, 5) is 0. The van der Waals surface area contributed by atoms with Gasteiger partial charge >= 0.3 is 0 Å². The monoisotopic (exact) mass is 358 g/mol. The summed E-state index contributed by atoms with van der Waals surface area (Å²) in [5.41, 5.74) is 2.02. The van der Waals surface area contributed by atoms with Crippen LogP contribution in [0.3, 0.4) is 0 Å². The lowest BCUT2D eigenvalue weighted by molar-refractivity contribution is -0.179. The predicted molar refractivity (Wildman–Crippen MR) is 98.0 cm³/mol. The fourth-order valence-electron chi connectivity index (χ4n) is 3.24. The Kier molecular flexibility index (Phi) is 6.63. The van der Waals surface area contributed by atoms with E-state index in [1.165, 1.54) is 5.56 Å². The smallest absolute Gasteiger partial charge is 0.119 e. The van der Waals surface area contributed by atoms with Crippen molar-refractivity contribution in [2.75, 3.05) is 13.2 Å². The Morgan fingerprint density at radius 2 is 1.85 bits per heavy atom. The van der Waals surface area contributed by atoms with E-state index in [1.54, 1.807) is 0 Å². The van der Waals surface area contributed by atoms with Crippen LogP contribution in [0.2, 0.25) is 0 Å². The van der Waals surface area contributed by atoms with Gasteiger partial charge in [0.1, 0.15) is 18.0 Å². The van der Waals surface area contributed by atoms with Crippen molar-refractivity contribution in [3.8, 4) is 5.75 Å². The molecule has 1 saturated heterocycles. The molecule has 1 heterocycles. The van der Waals surface area contributed by atoms with Crippen molar-refractivity contribution in [3.63, 3.8) is 0 Å². The Hall–Kier alpha value is -1.92. The predicted octanol–water partition coefficient (Wildman–Crippen LogP) is 2.24. The number of benzene rings is 2. The van der Waals surface area contributed by atoms with E-state index >= 15 is 0 Å². The van der Waals surface area contributed by atoms with Gasteiger partial charge in [0.15, 0.2) is 0 Å². The zero-order chi connectivity index (χ0) is 18.4. The van der Waals surface area contributed by atoms with Crippen molar-refractivity contribution < 1.29 is 24.8 Å². The van der Waals surface area contributed by atoms with Gasteiger partial charge in [0, 0.05) is 6.42 Å². The van der Waals surface area contributed by atoms with Crippen molar-refractivity contribution in [3.05, 3.63) is 65.7 Å². The SMILES string of the molecule is OCC1CC(O)C(O)C(c2cccc(OCCCc3ccccc3)c2)O1. The van der Waals surface area contributed by atoms with E-state index in [4.69, 9.17) is 9.47 Å². The molecule has 0 saturated carbocycles. The third kappa shape index (κ3) is 4.83. The minimum Gasteiger partial charge on any atom is -0.494 e. The van der Waals surface area contributed by atoms with Crippen LogP contribution in [0.5, 0.6) is 5.75 Å². The summed E-state index contributed by atoms with van der Waals surface area (Å²) in [6, 6.07) is 17.6. The number of hydrogen-bond acceptors (Lipinski definition) is 5. The molecular weight excluding hydrogens is 332 g/mol. The second kappa shape index (κ2) is 9.14. The van der Waals surface area contributed by atoms with Crippen molar-refractivity contribution in [2.24, 2.45) is 0 Å². The van der Waals surface area contributed by atoms with E-state index in [9.17, 15) is 15.3 Å². The van der Waals surface area contributed by atoms with E-state index in [-0.39, 0.29) is 13.0 Å². The maximum Gasteiger partial charge on any atom is 0.119 e. The van der Waals surface area contributed by atoms with Gasteiger partial charge in [0.05, 0.1) is 25.4 Å².